The quantitative estimate of drug-likeness (QED) is 0.577. The van der Waals surface area contributed by atoms with Crippen LogP contribution in [0.15, 0.2) is 42.5 Å². The molecule has 29 heavy (non-hydrogen) atoms. The van der Waals surface area contributed by atoms with Crippen molar-refractivity contribution in [3.05, 3.63) is 59.4 Å². The van der Waals surface area contributed by atoms with Crippen LogP contribution in [0.2, 0.25) is 0 Å². The third-order valence-electron chi connectivity index (χ3n) is 5.34. The Morgan fingerprint density at radius 2 is 1.83 bits per heavy atom. The molecular weight excluding hydrogens is 387 g/mol. The number of ether oxygens (including phenoxy) is 1. The van der Waals surface area contributed by atoms with Crippen LogP contribution in [0.4, 0.5) is 4.39 Å². The fraction of sp³-hybridized carbons (Fsp3) is 0.391. The van der Waals surface area contributed by atoms with E-state index in [0.29, 0.717) is 23.8 Å². The molecule has 0 radical (unpaired) electrons. The summed E-state index contributed by atoms with van der Waals surface area (Å²) in [6, 6.07) is 12.8. The first kappa shape index (κ1) is 19.8. The van der Waals surface area contributed by atoms with Gasteiger partial charge < -0.3 is 9.64 Å². The molecule has 0 unspecified atom stereocenters. The average molecular weight is 413 g/mol. The Morgan fingerprint density at radius 1 is 1.14 bits per heavy atom. The molecule has 4 nitrogen and oxygen atoms in total. The zero-order valence-corrected chi connectivity index (χ0v) is 17.8. The highest BCUT2D eigenvalue weighted by atomic mass is 32.1. The standard InChI is InChI=1S/C23H25FN2O2S/c1-23(2,3)16-9-7-15(8-10-16)21(27)26-13-11-17(12-14-26)28-22-25-20-18(24)5-4-6-19(20)29-22/h4-10,17H,11-14H2,1-3H3. The number of likely N-dealkylation sites (tertiary alicyclic amines) is 1. The van der Waals surface area contributed by atoms with Gasteiger partial charge >= 0.3 is 0 Å². The number of hydrogen-bond donors (Lipinski definition) is 0. The smallest absolute Gasteiger partial charge is 0.274 e. The van der Waals surface area contributed by atoms with E-state index >= 15 is 0 Å². The van der Waals surface area contributed by atoms with Crippen molar-refractivity contribution in [2.45, 2.75) is 45.1 Å². The van der Waals surface area contributed by atoms with Crippen molar-refractivity contribution in [1.82, 2.24) is 9.88 Å². The zero-order valence-electron chi connectivity index (χ0n) is 16.9. The second-order valence-corrected chi connectivity index (χ2v) is 9.50. The number of carbonyl (C=O) groups excluding carboxylic acids is 1. The van der Waals surface area contributed by atoms with Crippen LogP contribution in [0.5, 0.6) is 5.19 Å². The van der Waals surface area contributed by atoms with Gasteiger partial charge in [0.1, 0.15) is 17.4 Å². The minimum absolute atomic E-state index is 0.00839. The van der Waals surface area contributed by atoms with Gasteiger partial charge in [-0.3, -0.25) is 4.79 Å². The van der Waals surface area contributed by atoms with Crippen LogP contribution < -0.4 is 4.74 Å². The highest BCUT2D eigenvalue weighted by Crippen LogP contribution is 2.31. The van der Waals surface area contributed by atoms with Gasteiger partial charge in [-0.1, -0.05) is 50.3 Å². The highest BCUT2D eigenvalue weighted by Gasteiger charge is 2.26. The molecule has 152 valence electrons. The number of hydrogen-bond acceptors (Lipinski definition) is 4. The summed E-state index contributed by atoms with van der Waals surface area (Å²) in [5.41, 5.74) is 2.37. The SMILES string of the molecule is CC(C)(C)c1ccc(C(=O)N2CCC(Oc3nc4c(F)cccc4s3)CC2)cc1. The van der Waals surface area contributed by atoms with Gasteiger partial charge in [0.2, 0.25) is 0 Å². The number of piperidine rings is 1. The molecule has 0 atom stereocenters. The minimum atomic E-state index is -0.327. The molecule has 0 bridgehead atoms. The average Bonchev–Trinajstić information content (AvgIpc) is 3.11. The van der Waals surface area contributed by atoms with E-state index in [9.17, 15) is 9.18 Å². The van der Waals surface area contributed by atoms with Crippen molar-refractivity contribution < 1.29 is 13.9 Å². The first-order chi connectivity index (χ1) is 13.8. The van der Waals surface area contributed by atoms with Gasteiger partial charge in [-0.25, -0.2) is 4.39 Å². The molecule has 0 N–H and O–H groups in total. The molecule has 2 heterocycles. The van der Waals surface area contributed by atoms with Crippen LogP contribution >= 0.6 is 11.3 Å². The van der Waals surface area contributed by atoms with Crippen LogP contribution in [-0.4, -0.2) is 35.0 Å². The fourth-order valence-corrected chi connectivity index (χ4v) is 4.46. The maximum absolute atomic E-state index is 13.8. The highest BCUT2D eigenvalue weighted by molar-refractivity contribution is 7.20. The molecule has 1 saturated heterocycles. The molecule has 4 rings (SSSR count). The molecule has 0 aliphatic carbocycles. The summed E-state index contributed by atoms with van der Waals surface area (Å²) < 4.78 is 20.6. The zero-order chi connectivity index (χ0) is 20.6. The maximum Gasteiger partial charge on any atom is 0.274 e. The second-order valence-electron chi connectivity index (χ2n) is 8.50. The van der Waals surface area contributed by atoms with Crippen molar-refractivity contribution in [1.29, 1.82) is 0 Å². The van der Waals surface area contributed by atoms with E-state index in [1.165, 1.54) is 23.0 Å². The van der Waals surface area contributed by atoms with Crippen LogP contribution in [-0.2, 0) is 5.41 Å². The lowest BCUT2D eigenvalue weighted by atomic mass is 9.86. The molecule has 0 saturated carbocycles. The van der Waals surface area contributed by atoms with E-state index in [-0.39, 0.29) is 23.2 Å². The Labute approximate surface area is 174 Å². The van der Waals surface area contributed by atoms with Crippen LogP contribution in [0, 0.1) is 5.82 Å². The van der Waals surface area contributed by atoms with E-state index in [1.807, 2.05) is 35.2 Å². The van der Waals surface area contributed by atoms with E-state index in [1.54, 1.807) is 6.07 Å². The van der Waals surface area contributed by atoms with Crippen molar-refractivity contribution in [3.63, 3.8) is 0 Å². The molecule has 3 aromatic rings. The molecule has 1 aromatic heterocycles. The lowest BCUT2D eigenvalue weighted by Crippen LogP contribution is -2.41. The first-order valence-corrected chi connectivity index (χ1v) is 10.7. The number of halogens is 1. The van der Waals surface area contributed by atoms with Gasteiger partial charge in [-0.05, 0) is 35.2 Å². The Hall–Kier alpha value is -2.47. The van der Waals surface area contributed by atoms with E-state index in [0.717, 1.165) is 23.1 Å². The van der Waals surface area contributed by atoms with E-state index < -0.39 is 0 Å². The molecule has 1 amide bonds. The number of aromatic nitrogens is 1. The topological polar surface area (TPSA) is 42.4 Å². The number of benzene rings is 2. The summed E-state index contributed by atoms with van der Waals surface area (Å²) in [5, 5.41) is 0.493. The molecule has 2 aromatic carbocycles. The number of thiazole rings is 1. The van der Waals surface area contributed by atoms with Gasteiger partial charge in [-0.15, -0.1) is 0 Å². The first-order valence-electron chi connectivity index (χ1n) is 9.93. The Morgan fingerprint density at radius 3 is 2.45 bits per heavy atom. The number of para-hydroxylation sites is 1. The number of fused-ring (bicyclic) bond motifs is 1. The molecule has 6 heteroatoms. The number of nitrogens with zero attached hydrogens (tertiary/aromatic N) is 2. The van der Waals surface area contributed by atoms with Crippen LogP contribution in [0.25, 0.3) is 10.2 Å². The van der Waals surface area contributed by atoms with E-state index in [4.69, 9.17) is 4.74 Å². The predicted octanol–water partition coefficient (Wildman–Crippen LogP) is 5.42. The normalized spacial score (nSPS) is 15.7. The summed E-state index contributed by atoms with van der Waals surface area (Å²) >= 11 is 1.36. The molecule has 1 aliphatic rings. The van der Waals surface area contributed by atoms with Gasteiger partial charge in [0.25, 0.3) is 11.1 Å². The third kappa shape index (κ3) is 4.27. The minimum Gasteiger partial charge on any atom is -0.467 e. The van der Waals surface area contributed by atoms with Crippen LogP contribution in [0.3, 0.4) is 0 Å². The fourth-order valence-electron chi connectivity index (χ4n) is 3.56. The summed E-state index contributed by atoms with van der Waals surface area (Å²) in [7, 11) is 0. The summed E-state index contributed by atoms with van der Waals surface area (Å²) in [6.07, 6.45) is 1.47. The monoisotopic (exact) mass is 412 g/mol. The lowest BCUT2D eigenvalue weighted by Gasteiger charge is -2.31. The van der Waals surface area contributed by atoms with Gasteiger partial charge in [0.05, 0.1) is 4.70 Å². The molecule has 1 fully saturated rings. The molecular formula is C23H25FN2O2S. The van der Waals surface area contributed by atoms with Crippen molar-refractivity contribution >= 4 is 27.5 Å². The van der Waals surface area contributed by atoms with Crippen LogP contribution in [0.1, 0.15) is 49.5 Å². The third-order valence-corrected chi connectivity index (χ3v) is 6.26. The molecule has 0 spiro atoms. The van der Waals surface area contributed by atoms with Gasteiger partial charge in [0.15, 0.2) is 0 Å². The number of rotatable bonds is 3. The summed E-state index contributed by atoms with van der Waals surface area (Å²) in [6.45, 7) is 7.77. The maximum atomic E-state index is 13.8. The lowest BCUT2D eigenvalue weighted by molar-refractivity contribution is 0.0595. The molecule has 1 aliphatic heterocycles. The summed E-state index contributed by atoms with van der Waals surface area (Å²) in [4.78, 5) is 19.0. The van der Waals surface area contributed by atoms with Gasteiger partial charge in [0, 0.05) is 31.5 Å². The van der Waals surface area contributed by atoms with Crippen molar-refractivity contribution in [3.8, 4) is 5.19 Å². The van der Waals surface area contributed by atoms with Crippen molar-refractivity contribution in [2.24, 2.45) is 0 Å². The largest absolute Gasteiger partial charge is 0.467 e. The van der Waals surface area contributed by atoms with Crippen molar-refractivity contribution in [2.75, 3.05) is 13.1 Å². The second kappa shape index (κ2) is 7.75. The Balaban J connectivity index is 1.36. The number of carbonyl (C=O) groups is 1. The van der Waals surface area contributed by atoms with Gasteiger partial charge in [-0.2, -0.15) is 4.98 Å². The predicted molar refractivity (Wildman–Crippen MR) is 114 cm³/mol. The number of amides is 1. The Kier molecular flexibility index (Phi) is 5.30. The summed E-state index contributed by atoms with van der Waals surface area (Å²) in [5.74, 6) is -0.266. The Bertz CT molecular complexity index is 1020. The van der Waals surface area contributed by atoms with E-state index in [2.05, 4.69) is 25.8 Å².